The number of nitrogens with zero attached hydrogens (tertiary/aromatic N) is 3. The standard InChI is InChI=1S/C24H25FN4O3/c1-4-5-13-29-15(2)20(21(26-24(29)30)17-7-6-8-19(14-17)31-3)23-27-22(28-32-23)16-9-11-18(25)12-10-16/h6-12,14,21H,4-5,13H2,1-3H3,(H,26,30). The van der Waals surface area contributed by atoms with E-state index in [0.29, 0.717) is 29.6 Å². The molecule has 32 heavy (non-hydrogen) atoms. The maximum atomic E-state index is 13.3. The van der Waals surface area contributed by atoms with Crippen molar-refractivity contribution in [1.29, 1.82) is 0 Å². The van der Waals surface area contributed by atoms with E-state index in [1.807, 2.05) is 31.2 Å². The summed E-state index contributed by atoms with van der Waals surface area (Å²) in [7, 11) is 1.60. The Bertz CT molecular complexity index is 1140. The number of carbonyl (C=O) groups excluding carboxylic acids is 1. The Kier molecular flexibility index (Phi) is 6.20. The van der Waals surface area contributed by atoms with E-state index in [1.165, 1.54) is 12.1 Å². The zero-order valence-electron chi connectivity index (χ0n) is 18.3. The van der Waals surface area contributed by atoms with Crippen LogP contribution in [0.3, 0.4) is 0 Å². The summed E-state index contributed by atoms with van der Waals surface area (Å²) in [5.41, 5.74) is 2.95. The highest BCUT2D eigenvalue weighted by Gasteiger charge is 2.35. The zero-order chi connectivity index (χ0) is 22.7. The van der Waals surface area contributed by atoms with E-state index in [0.717, 1.165) is 29.7 Å². The fourth-order valence-corrected chi connectivity index (χ4v) is 3.76. The van der Waals surface area contributed by atoms with E-state index >= 15 is 0 Å². The van der Waals surface area contributed by atoms with Gasteiger partial charge in [0.25, 0.3) is 5.89 Å². The Morgan fingerprint density at radius 3 is 2.72 bits per heavy atom. The predicted octanol–water partition coefficient (Wildman–Crippen LogP) is 5.18. The molecular weight excluding hydrogens is 411 g/mol. The first-order chi connectivity index (χ1) is 15.5. The number of amides is 2. The van der Waals surface area contributed by atoms with E-state index < -0.39 is 6.04 Å². The number of hydrogen-bond acceptors (Lipinski definition) is 5. The fourth-order valence-electron chi connectivity index (χ4n) is 3.76. The van der Waals surface area contributed by atoms with E-state index in [4.69, 9.17) is 9.26 Å². The molecular formula is C24H25FN4O3. The molecule has 166 valence electrons. The molecule has 1 atom stereocenters. The van der Waals surface area contributed by atoms with E-state index in [-0.39, 0.29) is 11.8 Å². The van der Waals surface area contributed by atoms with E-state index in [1.54, 1.807) is 24.1 Å². The van der Waals surface area contributed by atoms with Crippen LogP contribution < -0.4 is 10.1 Å². The topological polar surface area (TPSA) is 80.5 Å². The first-order valence-corrected chi connectivity index (χ1v) is 10.5. The third-order valence-electron chi connectivity index (χ3n) is 5.52. The maximum Gasteiger partial charge on any atom is 0.322 e. The van der Waals surface area contributed by atoms with Crippen molar-refractivity contribution in [2.24, 2.45) is 0 Å². The third kappa shape index (κ3) is 4.21. The normalized spacial score (nSPS) is 16.3. The number of benzene rings is 2. The van der Waals surface area contributed by atoms with E-state index in [2.05, 4.69) is 22.4 Å². The Morgan fingerprint density at radius 2 is 2.00 bits per heavy atom. The van der Waals surface area contributed by atoms with Crippen LogP contribution in [-0.4, -0.2) is 34.7 Å². The highest BCUT2D eigenvalue weighted by Crippen LogP contribution is 2.38. The monoisotopic (exact) mass is 436 g/mol. The van der Waals surface area contributed by atoms with Crippen LogP contribution in [0.25, 0.3) is 17.0 Å². The Balaban J connectivity index is 1.80. The molecule has 0 aliphatic carbocycles. The number of unbranched alkanes of at least 4 members (excludes halogenated alkanes) is 1. The SMILES string of the molecule is CCCCN1C(=O)NC(c2cccc(OC)c2)C(c2nc(-c3ccc(F)cc3)no2)=C1C. The summed E-state index contributed by atoms with van der Waals surface area (Å²) in [5.74, 6) is 0.994. The van der Waals surface area contributed by atoms with Crippen molar-refractivity contribution in [2.75, 3.05) is 13.7 Å². The maximum absolute atomic E-state index is 13.3. The largest absolute Gasteiger partial charge is 0.497 e. The summed E-state index contributed by atoms with van der Waals surface area (Å²) in [6.45, 7) is 4.55. The van der Waals surface area contributed by atoms with Crippen molar-refractivity contribution < 1.29 is 18.4 Å². The lowest BCUT2D eigenvalue weighted by Gasteiger charge is -2.35. The van der Waals surface area contributed by atoms with Gasteiger partial charge < -0.3 is 14.6 Å². The highest BCUT2D eigenvalue weighted by atomic mass is 19.1. The molecule has 1 aromatic heterocycles. The van der Waals surface area contributed by atoms with Crippen LogP contribution in [0.5, 0.6) is 5.75 Å². The van der Waals surface area contributed by atoms with Gasteiger partial charge in [0.15, 0.2) is 0 Å². The number of methoxy groups -OCH3 is 1. The molecule has 2 aromatic carbocycles. The van der Waals surface area contributed by atoms with Crippen LogP contribution in [0.1, 0.15) is 44.2 Å². The van der Waals surface area contributed by atoms with Gasteiger partial charge in [0.2, 0.25) is 5.82 Å². The van der Waals surface area contributed by atoms with Gasteiger partial charge in [0.1, 0.15) is 11.6 Å². The van der Waals surface area contributed by atoms with Gasteiger partial charge >= 0.3 is 6.03 Å². The number of aromatic nitrogens is 2. The molecule has 3 aromatic rings. The van der Waals surface area contributed by atoms with Gasteiger partial charge in [-0.25, -0.2) is 9.18 Å². The summed E-state index contributed by atoms with van der Waals surface area (Å²) < 4.78 is 24.3. The highest BCUT2D eigenvalue weighted by molar-refractivity contribution is 5.87. The molecule has 1 aliphatic rings. The van der Waals surface area contributed by atoms with Crippen molar-refractivity contribution in [3.63, 3.8) is 0 Å². The molecule has 4 rings (SSSR count). The van der Waals surface area contributed by atoms with Gasteiger partial charge in [-0.1, -0.05) is 30.6 Å². The second-order valence-electron chi connectivity index (χ2n) is 7.59. The summed E-state index contributed by atoms with van der Waals surface area (Å²) in [5, 5.41) is 7.17. The van der Waals surface area contributed by atoms with Crippen LogP contribution in [0.2, 0.25) is 0 Å². The molecule has 1 unspecified atom stereocenters. The lowest BCUT2D eigenvalue weighted by Crippen LogP contribution is -2.46. The molecule has 0 saturated carbocycles. The van der Waals surface area contributed by atoms with E-state index in [9.17, 15) is 9.18 Å². The van der Waals surface area contributed by atoms with Crippen LogP contribution >= 0.6 is 0 Å². The third-order valence-corrected chi connectivity index (χ3v) is 5.52. The number of allylic oxidation sites excluding steroid dienone is 1. The Labute approximate surface area is 185 Å². The molecule has 8 heteroatoms. The smallest absolute Gasteiger partial charge is 0.322 e. The van der Waals surface area contributed by atoms with Crippen LogP contribution in [0, 0.1) is 5.82 Å². The van der Waals surface area contributed by atoms with Gasteiger partial charge in [-0.05, 0) is 55.3 Å². The zero-order valence-corrected chi connectivity index (χ0v) is 18.3. The van der Waals surface area contributed by atoms with Gasteiger partial charge in [0, 0.05) is 17.8 Å². The van der Waals surface area contributed by atoms with Crippen molar-refractivity contribution in [1.82, 2.24) is 20.4 Å². The average molecular weight is 436 g/mol. The molecule has 0 bridgehead atoms. The minimum absolute atomic E-state index is 0.175. The van der Waals surface area contributed by atoms with Crippen LogP contribution in [0.15, 0.2) is 58.8 Å². The average Bonchev–Trinajstić information content (AvgIpc) is 3.28. The number of urea groups is 1. The molecule has 2 heterocycles. The fraction of sp³-hybridized carbons (Fsp3) is 0.292. The van der Waals surface area contributed by atoms with Gasteiger partial charge in [-0.2, -0.15) is 4.98 Å². The second kappa shape index (κ2) is 9.21. The number of halogens is 1. The number of hydrogen-bond donors (Lipinski definition) is 1. The molecule has 1 N–H and O–H groups in total. The summed E-state index contributed by atoms with van der Waals surface area (Å²) in [4.78, 5) is 19.2. The van der Waals surface area contributed by atoms with Crippen LogP contribution in [-0.2, 0) is 0 Å². The quantitative estimate of drug-likeness (QED) is 0.552. The summed E-state index contributed by atoms with van der Waals surface area (Å²) in [6.07, 6.45) is 1.83. The number of rotatable bonds is 7. The minimum atomic E-state index is -0.489. The Morgan fingerprint density at radius 1 is 1.22 bits per heavy atom. The van der Waals surface area contributed by atoms with Crippen LogP contribution in [0.4, 0.5) is 9.18 Å². The predicted molar refractivity (Wildman–Crippen MR) is 118 cm³/mol. The first-order valence-electron chi connectivity index (χ1n) is 10.5. The van der Waals surface area contributed by atoms with Crippen molar-refractivity contribution >= 4 is 11.6 Å². The number of carbonyl (C=O) groups is 1. The van der Waals surface area contributed by atoms with Crippen molar-refractivity contribution in [3.8, 4) is 17.1 Å². The second-order valence-corrected chi connectivity index (χ2v) is 7.59. The molecule has 2 amide bonds. The molecule has 7 nitrogen and oxygen atoms in total. The molecule has 0 fully saturated rings. The first kappa shape index (κ1) is 21.5. The van der Waals surface area contributed by atoms with Gasteiger partial charge in [-0.3, -0.25) is 4.90 Å². The summed E-state index contributed by atoms with van der Waals surface area (Å²) >= 11 is 0. The molecule has 1 aliphatic heterocycles. The lowest BCUT2D eigenvalue weighted by molar-refractivity contribution is 0.204. The molecule has 0 spiro atoms. The van der Waals surface area contributed by atoms with Gasteiger partial charge in [-0.15, -0.1) is 0 Å². The van der Waals surface area contributed by atoms with Crippen molar-refractivity contribution in [2.45, 2.75) is 32.7 Å². The number of nitrogens with one attached hydrogen (secondary N) is 1. The Hall–Kier alpha value is -3.68. The molecule has 0 radical (unpaired) electrons. The minimum Gasteiger partial charge on any atom is -0.497 e. The number of ether oxygens (including phenoxy) is 1. The summed E-state index contributed by atoms with van der Waals surface area (Å²) in [6, 6.07) is 12.7. The molecule has 0 saturated heterocycles. The lowest BCUT2D eigenvalue weighted by atomic mass is 9.94. The van der Waals surface area contributed by atoms with Gasteiger partial charge in [0.05, 0.1) is 18.7 Å². The van der Waals surface area contributed by atoms with Crippen molar-refractivity contribution in [3.05, 3.63) is 71.5 Å².